The highest BCUT2D eigenvalue weighted by Gasteiger charge is 2.35. The summed E-state index contributed by atoms with van der Waals surface area (Å²) in [6.45, 7) is -0.505. The van der Waals surface area contributed by atoms with Crippen LogP contribution in [0.15, 0.2) is 12.1 Å². The van der Waals surface area contributed by atoms with Crippen molar-refractivity contribution in [2.75, 3.05) is 6.61 Å². The van der Waals surface area contributed by atoms with E-state index in [0.29, 0.717) is 6.07 Å². The van der Waals surface area contributed by atoms with Crippen LogP contribution in [0.3, 0.4) is 0 Å². The third kappa shape index (κ3) is 2.40. The zero-order valence-electron chi connectivity index (χ0n) is 7.92. The Morgan fingerprint density at radius 1 is 1.38 bits per heavy atom. The molecule has 7 heteroatoms. The minimum absolute atomic E-state index is 0.0273. The van der Waals surface area contributed by atoms with E-state index in [0.717, 1.165) is 6.07 Å². The number of phenolic OH excluding ortho intramolecular Hbond substituents is 1. The van der Waals surface area contributed by atoms with Gasteiger partial charge in [-0.3, -0.25) is 0 Å². The summed E-state index contributed by atoms with van der Waals surface area (Å²) in [5.41, 5.74) is 4.21. The zero-order chi connectivity index (χ0) is 12.5. The van der Waals surface area contributed by atoms with Crippen molar-refractivity contribution in [2.24, 2.45) is 5.73 Å². The van der Waals surface area contributed by atoms with Crippen molar-refractivity contribution in [3.8, 4) is 5.75 Å². The normalized spacial score (nSPS) is 13.9. The SMILES string of the molecule is N[C@H](CO)c1ccc(C(F)(F)F)c(Cl)c1O. The fourth-order valence-corrected chi connectivity index (χ4v) is 1.48. The molecule has 0 amide bonds. The standard InChI is InChI=1S/C9H9ClF3NO2/c10-7-5(9(11,12)13)2-1-4(8(7)16)6(14)3-15/h1-2,6,15-16H,3,14H2/t6-/m1/s1. The largest absolute Gasteiger partial charge is 0.506 e. The van der Waals surface area contributed by atoms with Crippen LogP contribution in [0.25, 0.3) is 0 Å². The molecule has 1 rings (SSSR count). The highest BCUT2D eigenvalue weighted by atomic mass is 35.5. The summed E-state index contributed by atoms with van der Waals surface area (Å²) >= 11 is 5.38. The van der Waals surface area contributed by atoms with Crippen molar-refractivity contribution in [1.82, 2.24) is 0 Å². The van der Waals surface area contributed by atoms with Crippen LogP contribution in [0.1, 0.15) is 17.2 Å². The van der Waals surface area contributed by atoms with Gasteiger partial charge in [0.25, 0.3) is 0 Å². The minimum Gasteiger partial charge on any atom is -0.506 e. The van der Waals surface area contributed by atoms with Crippen molar-refractivity contribution >= 4 is 11.6 Å². The molecule has 0 radical (unpaired) electrons. The monoisotopic (exact) mass is 255 g/mol. The van der Waals surface area contributed by atoms with Gasteiger partial charge in [0.15, 0.2) is 0 Å². The van der Waals surface area contributed by atoms with Crippen LogP contribution in [-0.2, 0) is 6.18 Å². The molecule has 0 aliphatic carbocycles. The average molecular weight is 256 g/mol. The van der Waals surface area contributed by atoms with Crippen molar-refractivity contribution < 1.29 is 23.4 Å². The second-order valence-corrected chi connectivity index (χ2v) is 3.53. The van der Waals surface area contributed by atoms with E-state index >= 15 is 0 Å². The summed E-state index contributed by atoms with van der Waals surface area (Å²) in [5, 5.41) is 17.3. The van der Waals surface area contributed by atoms with Gasteiger partial charge in [-0.2, -0.15) is 13.2 Å². The molecule has 0 aliphatic rings. The molecular formula is C9H9ClF3NO2. The molecule has 1 atom stereocenters. The summed E-state index contributed by atoms with van der Waals surface area (Å²) in [6.07, 6.45) is -4.64. The van der Waals surface area contributed by atoms with Crippen molar-refractivity contribution in [3.05, 3.63) is 28.3 Å². The smallest absolute Gasteiger partial charge is 0.417 e. The molecule has 0 fully saturated rings. The fourth-order valence-electron chi connectivity index (χ4n) is 1.20. The molecule has 0 aromatic heterocycles. The number of alkyl halides is 3. The van der Waals surface area contributed by atoms with E-state index in [1.807, 2.05) is 0 Å². The molecule has 0 saturated carbocycles. The number of benzene rings is 1. The maximum Gasteiger partial charge on any atom is 0.417 e. The molecular weight excluding hydrogens is 247 g/mol. The van der Waals surface area contributed by atoms with Gasteiger partial charge >= 0.3 is 6.18 Å². The number of nitrogens with two attached hydrogens (primary N) is 1. The Morgan fingerprint density at radius 2 is 1.94 bits per heavy atom. The van der Waals surface area contributed by atoms with Gasteiger partial charge in [0.1, 0.15) is 5.75 Å². The third-order valence-corrected chi connectivity index (χ3v) is 2.43. The summed E-state index contributed by atoms with van der Waals surface area (Å²) in [5.74, 6) is -0.752. The Hall–Kier alpha value is -0.980. The fraction of sp³-hybridized carbons (Fsp3) is 0.333. The van der Waals surface area contributed by atoms with Crippen molar-refractivity contribution in [2.45, 2.75) is 12.2 Å². The Labute approximate surface area is 94.3 Å². The number of halogens is 4. The lowest BCUT2D eigenvalue weighted by Gasteiger charge is -2.15. The number of rotatable bonds is 2. The molecule has 1 aromatic carbocycles. The van der Waals surface area contributed by atoms with Crippen LogP contribution >= 0.6 is 11.6 Å². The molecule has 0 spiro atoms. The van der Waals surface area contributed by atoms with Crippen LogP contribution in [0.2, 0.25) is 5.02 Å². The second kappa shape index (κ2) is 4.48. The van der Waals surface area contributed by atoms with Crippen LogP contribution in [0.4, 0.5) is 13.2 Å². The number of phenols is 1. The third-order valence-electron chi connectivity index (χ3n) is 2.05. The van der Waals surface area contributed by atoms with Gasteiger partial charge in [0, 0.05) is 5.56 Å². The molecule has 0 heterocycles. The number of aliphatic hydroxyl groups is 1. The molecule has 0 saturated heterocycles. The molecule has 0 aliphatic heterocycles. The predicted molar refractivity (Wildman–Crippen MR) is 52.1 cm³/mol. The van der Waals surface area contributed by atoms with Gasteiger partial charge in [0.05, 0.1) is 23.2 Å². The van der Waals surface area contributed by atoms with Crippen molar-refractivity contribution in [1.29, 1.82) is 0 Å². The van der Waals surface area contributed by atoms with Gasteiger partial charge in [0.2, 0.25) is 0 Å². The highest BCUT2D eigenvalue weighted by molar-refractivity contribution is 6.33. The second-order valence-electron chi connectivity index (χ2n) is 3.15. The lowest BCUT2D eigenvalue weighted by molar-refractivity contribution is -0.137. The van der Waals surface area contributed by atoms with Crippen LogP contribution in [-0.4, -0.2) is 16.8 Å². The quantitative estimate of drug-likeness (QED) is 0.758. The number of aliphatic hydroxyl groups excluding tert-OH is 1. The number of hydrogen-bond donors (Lipinski definition) is 3. The van der Waals surface area contributed by atoms with E-state index in [-0.39, 0.29) is 5.56 Å². The highest BCUT2D eigenvalue weighted by Crippen LogP contribution is 2.41. The summed E-state index contributed by atoms with van der Waals surface area (Å²) in [6, 6.07) is 0.734. The first kappa shape index (κ1) is 13.1. The first-order chi connectivity index (χ1) is 7.29. The van der Waals surface area contributed by atoms with Crippen LogP contribution < -0.4 is 5.73 Å². The van der Waals surface area contributed by atoms with Crippen LogP contribution in [0.5, 0.6) is 5.75 Å². The van der Waals surface area contributed by atoms with E-state index in [9.17, 15) is 18.3 Å². The van der Waals surface area contributed by atoms with E-state index in [1.165, 1.54) is 0 Å². The van der Waals surface area contributed by atoms with Gasteiger partial charge < -0.3 is 15.9 Å². The lowest BCUT2D eigenvalue weighted by Crippen LogP contribution is -2.15. The van der Waals surface area contributed by atoms with Gasteiger partial charge in [-0.25, -0.2) is 0 Å². The number of aromatic hydroxyl groups is 1. The Bertz CT molecular complexity index is 395. The van der Waals surface area contributed by atoms with E-state index < -0.39 is 35.2 Å². The first-order valence-electron chi connectivity index (χ1n) is 4.24. The molecule has 0 bridgehead atoms. The van der Waals surface area contributed by atoms with E-state index in [4.69, 9.17) is 22.4 Å². The maximum atomic E-state index is 12.4. The van der Waals surface area contributed by atoms with Gasteiger partial charge in [-0.1, -0.05) is 17.7 Å². The Kier molecular flexibility index (Phi) is 3.67. The molecule has 1 aromatic rings. The Morgan fingerprint density at radius 3 is 2.38 bits per heavy atom. The van der Waals surface area contributed by atoms with Crippen LogP contribution in [0, 0.1) is 0 Å². The van der Waals surface area contributed by atoms with Gasteiger partial charge in [-0.05, 0) is 6.07 Å². The zero-order valence-corrected chi connectivity index (χ0v) is 8.68. The van der Waals surface area contributed by atoms with Crippen molar-refractivity contribution in [3.63, 3.8) is 0 Å². The number of hydrogen-bond acceptors (Lipinski definition) is 3. The summed E-state index contributed by atoms with van der Waals surface area (Å²) < 4.78 is 37.1. The average Bonchev–Trinajstić information content (AvgIpc) is 2.19. The molecule has 16 heavy (non-hydrogen) atoms. The Balaban J connectivity index is 3.29. The molecule has 3 nitrogen and oxygen atoms in total. The summed E-state index contributed by atoms with van der Waals surface area (Å²) in [4.78, 5) is 0. The maximum absolute atomic E-state index is 12.4. The van der Waals surface area contributed by atoms with E-state index in [1.54, 1.807) is 0 Å². The predicted octanol–water partition coefficient (Wildman–Crippen LogP) is 2.06. The molecule has 0 unspecified atom stereocenters. The summed E-state index contributed by atoms with van der Waals surface area (Å²) in [7, 11) is 0. The first-order valence-corrected chi connectivity index (χ1v) is 4.61. The minimum atomic E-state index is -4.64. The lowest BCUT2D eigenvalue weighted by atomic mass is 10.0. The van der Waals surface area contributed by atoms with Gasteiger partial charge in [-0.15, -0.1) is 0 Å². The molecule has 4 N–H and O–H groups in total. The molecule has 90 valence electrons. The van der Waals surface area contributed by atoms with E-state index in [2.05, 4.69) is 0 Å². The topological polar surface area (TPSA) is 66.5 Å².